The number of benzene rings is 2. The van der Waals surface area contributed by atoms with Crippen LogP contribution in [0.15, 0.2) is 53.7 Å². The number of nitrogens with one attached hydrogen (secondary N) is 1. The minimum Gasteiger partial charge on any atom is -0.352 e. The summed E-state index contributed by atoms with van der Waals surface area (Å²) >= 11 is 0. The lowest BCUT2D eigenvalue weighted by atomic mass is 10.1. The fraction of sp³-hybridized carbons (Fsp3) is 0.364. The Labute approximate surface area is 177 Å². The molecule has 8 heteroatoms. The number of carbonyl (C=O) groups excluding carboxylic acids is 1. The van der Waals surface area contributed by atoms with Crippen LogP contribution in [0.3, 0.4) is 0 Å². The highest BCUT2D eigenvalue weighted by Gasteiger charge is 2.22. The second-order valence-electron chi connectivity index (χ2n) is 7.19. The minimum atomic E-state index is -3.53. The summed E-state index contributed by atoms with van der Waals surface area (Å²) in [5.41, 5.74) is 3.63. The van der Waals surface area contributed by atoms with Crippen LogP contribution in [-0.2, 0) is 27.9 Å². The largest absolute Gasteiger partial charge is 0.352 e. The molecule has 0 aliphatic heterocycles. The van der Waals surface area contributed by atoms with Gasteiger partial charge in [0.25, 0.3) is 0 Å². The van der Waals surface area contributed by atoms with E-state index in [4.69, 9.17) is 0 Å². The topological polar surface area (TPSA) is 84.3 Å². The summed E-state index contributed by atoms with van der Waals surface area (Å²) in [6.45, 7) is 7.47. The van der Waals surface area contributed by atoms with Crippen molar-refractivity contribution in [2.45, 2.75) is 45.2 Å². The Morgan fingerprint density at radius 2 is 1.90 bits per heavy atom. The number of sulfonamides is 1. The van der Waals surface area contributed by atoms with E-state index in [1.807, 2.05) is 49.6 Å². The molecule has 0 atom stereocenters. The van der Waals surface area contributed by atoms with Crippen molar-refractivity contribution in [3.8, 4) is 0 Å². The first-order chi connectivity index (χ1) is 14.3. The normalized spacial score (nSPS) is 11.9. The molecule has 0 saturated heterocycles. The minimum absolute atomic E-state index is 0.0425. The van der Waals surface area contributed by atoms with Crippen LogP contribution >= 0.6 is 0 Å². The Morgan fingerprint density at radius 3 is 2.60 bits per heavy atom. The molecule has 0 aliphatic carbocycles. The smallest absolute Gasteiger partial charge is 0.243 e. The van der Waals surface area contributed by atoms with Crippen molar-refractivity contribution in [3.05, 3.63) is 59.9 Å². The molecule has 0 radical (unpaired) electrons. The van der Waals surface area contributed by atoms with Crippen LogP contribution in [0.4, 0.5) is 0 Å². The van der Waals surface area contributed by atoms with Gasteiger partial charge in [-0.05, 0) is 30.7 Å². The number of carbonyl (C=O) groups is 1. The van der Waals surface area contributed by atoms with Crippen molar-refractivity contribution >= 4 is 27.0 Å². The SMILES string of the molecule is CCN(CC)S(=O)(=O)c1ccc2c(c1)ncn2CCC(=O)NCc1cccc(C)c1. The summed E-state index contributed by atoms with van der Waals surface area (Å²) in [6, 6.07) is 13.0. The number of nitrogens with zero attached hydrogens (tertiary/aromatic N) is 3. The number of hydrogen-bond acceptors (Lipinski definition) is 4. The van der Waals surface area contributed by atoms with Crippen molar-refractivity contribution in [2.24, 2.45) is 0 Å². The summed E-state index contributed by atoms with van der Waals surface area (Å²) in [5, 5.41) is 2.93. The molecule has 0 bridgehead atoms. The third-order valence-corrected chi connectivity index (χ3v) is 7.13. The van der Waals surface area contributed by atoms with Gasteiger partial charge in [-0.3, -0.25) is 4.79 Å². The summed E-state index contributed by atoms with van der Waals surface area (Å²) in [5.74, 6) is -0.0425. The van der Waals surface area contributed by atoms with Crippen LogP contribution in [0, 0.1) is 6.92 Å². The Balaban J connectivity index is 1.65. The molecule has 7 nitrogen and oxygen atoms in total. The molecule has 3 aromatic rings. The van der Waals surface area contributed by atoms with Crippen molar-refractivity contribution in [1.82, 2.24) is 19.2 Å². The number of hydrogen-bond donors (Lipinski definition) is 1. The molecule has 0 aliphatic rings. The van der Waals surface area contributed by atoms with Crippen LogP contribution in [0.25, 0.3) is 11.0 Å². The highest BCUT2D eigenvalue weighted by atomic mass is 32.2. The van der Waals surface area contributed by atoms with E-state index in [9.17, 15) is 13.2 Å². The van der Waals surface area contributed by atoms with Gasteiger partial charge in [-0.2, -0.15) is 4.31 Å². The fourth-order valence-electron chi connectivity index (χ4n) is 3.43. The van der Waals surface area contributed by atoms with Crippen LogP contribution < -0.4 is 5.32 Å². The van der Waals surface area contributed by atoms with Crippen molar-refractivity contribution < 1.29 is 13.2 Å². The lowest BCUT2D eigenvalue weighted by Gasteiger charge is -2.18. The van der Waals surface area contributed by atoms with E-state index in [1.54, 1.807) is 24.5 Å². The summed E-state index contributed by atoms with van der Waals surface area (Å²) < 4.78 is 28.7. The molecule has 1 amide bonds. The molecule has 30 heavy (non-hydrogen) atoms. The average Bonchev–Trinajstić information content (AvgIpc) is 3.14. The molecule has 2 aromatic carbocycles. The lowest BCUT2D eigenvalue weighted by molar-refractivity contribution is -0.121. The maximum Gasteiger partial charge on any atom is 0.243 e. The monoisotopic (exact) mass is 428 g/mol. The van der Waals surface area contributed by atoms with Crippen LogP contribution in [0.2, 0.25) is 0 Å². The average molecular weight is 429 g/mol. The van der Waals surface area contributed by atoms with E-state index in [-0.39, 0.29) is 10.8 Å². The second-order valence-corrected chi connectivity index (χ2v) is 9.13. The Kier molecular flexibility index (Phi) is 6.89. The first-order valence-electron chi connectivity index (χ1n) is 10.1. The molecular formula is C22H28N4O3S. The third kappa shape index (κ3) is 4.88. The van der Waals surface area contributed by atoms with Gasteiger partial charge < -0.3 is 9.88 Å². The lowest BCUT2D eigenvalue weighted by Crippen LogP contribution is -2.30. The van der Waals surface area contributed by atoms with Gasteiger partial charge in [-0.1, -0.05) is 43.7 Å². The number of imidazole rings is 1. The van der Waals surface area contributed by atoms with Gasteiger partial charge in [0, 0.05) is 32.6 Å². The highest BCUT2D eigenvalue weighted by Crippen LogP contribution is 2.21. The van der Waals surface area contributed by atoms with Crippen molar-refractivity contribution in [2.75, 3.05) is 13.1 Å². The number of rotatable bonds is 9. The Hall–Kier alpha value is -2.71. The summed E-state index contributed by atoms with van der Waals surface area (Å²) in [6.07, 6.45) is 1.96. The first-order valence-corrected chi connectivity index (χ1v) is 11.6. The molecule has 160 valence electrons. The maximum atomic E-state index is 12.7. The zero-order valence-corrected chi connectivity index (χ0v) is 18.4. The van der Waals surface area contributed by atoms with E-state index in [0.717, 1.165) is 16.6 Å². The quantitative estimate of drug-likeness (QED) is 0.568. The molecule has 0 fully saturated rings. The molecule has 0 spiro atoms. The zero-order chi connectivity index (χ0) is 21.7. The number of amides is 1. The number of aryl methyl sites for hydroxylation is 2. The molecule has 1 N–H and O–H groups in total. The van der Waals surface area contributed by atoms with E-state index < -0.39 is 10.0 Å². The van der Waals surface area contributed by atoms with Gasteiger partial charge in [0.15, 0.2) is 0 Å². The highest BCUT2D eigenvalue weighted by molar-refractivity contribution is 7.89. The van der Waals surface area contributed by atoms with Gasteiger partial charge in [0.2, 0.25) is 15.9 Å². The molecule has 0 unspecified atom stereocenters. The number of aromatic nitrogens is 2. The predicted octanol–water partition coefficient (Wildman–Crippen LogP) is 3.08. The Morgan fingerprint density at radius 1 is 1.13 bits per heavy atom. The van der Waals surface area contributed by atoms with Crippen LogP contribution in [0.1, 0.15) is 31.4 Å². The molecule has 1 heterocycles. The molecule has 0 saturated carbocycles. The first kappa shape index (κ1) is 22.0. The van der Waals surface area contributed by atoms with Gasteiger partial charge >= 0.3 is 0 Å². The molecular weight excluding hydrogens is 400 g/mol. The third-order valence-electron chi connectivity index (χ3n) is 5.09. The fourth-order valence-corrected chi connectivity index (χ4v) is 4.91. The summed E-state index contributed by atoms with van der Waals surface area (Å²) in [7, 11) is -3.53. The zero-order valence-electron chi connectivity index (χ0n) is 17.6. The van der Waals surface area contributed by atoms with E-state index in [1.165, 1.54) is 4.31 Å². The van der Waals surface area contributed by atoms with Crippen molar-refractivity contribution in [3.63, 3.8) is 0 Å². The second kappa shape index (κ2) is 9.40. The van der Waals surface area contributed by atoms with E-state index in [2.05, 4.69) is 10.3 Å². The molecule has 1 aromatic heterocycles. The standard InChI is InChI=1S/C22H28N4O3S/c1-4-26(5-2)30(28,29)19-9-10-21-20(14-19)24-16-25(21)12-11-22(27)23-15-18-8-6-7-17(3)13-18/h6-10,13-14,16H,4-5,11-12,15H2,1-3H3,(H,23,27). The van der Waals surface area contributed by atoms with Gasteiger partial charge in [0.1, 0.15) is 0 Å². The van der Waals surface area contributed by atoms with Gasteiger partial charge in [-0.15, -0.1) is 0 Å². The van der Waals surface area contributed by atoms with Gasteiger partial charge in [-0.25, -0.2) is 13.4 Å². The van der Waals surface area contributed by atoms with E-state index >= 15 is 0 Å². The van der Waals surface area contributed by atoms with Crippen LogP contribution in [-0.4, -0.2) is 41.3 Å². The number of fused-ring (bicyclic) bond motifs is 1. The maximum absolute atomic E-state index is 12.7. The Bertz CT molecular complexity index is 1130. The van der Waals surface area contributed by atoms with Crippen molar-refractivity contribution in [1.29, 1.82) is 0 Å². The van der Waals surface area contributed by atoms with Gasteiger partial charge in [0.05, 0.1) is 22.3 Å². The predicted molar refractivity (Wildman–Crippen MR) is 117 cm³/mol. The van der Waals surface area contributed by atoms with E-state index in [0.29, 0.717) is 38.1 Å². The summed E-state index contributed by atoms with van der Waals surface area (Å²) in [4.78, 5) is 16.8. The molecule has 3 rings (SSSR count). The van der Waals surface area contributed by atoms with Crippen LogP contribution in [0.5, 0.6) is 0 Å².